The summed E-state index contributed by atoms with van der Waals surface area (Å²) in [7, 11) is 0. The molecule has 0 unspecified atom stereocenters. The molecule has 0 aromatic carbocycles. The Hall–Kier alpha value is -1.10. The smallest absolute Gasteiger partial charge is 0.0705 e. The minimum absolute atomic E-state index is 0.400. The van der Waals surface area contributed by atoms with Gasteiger partial charge in [-0.2, -0.15) is 5.26 Å². The Balaban J connectivity index is 3.77. The molecule has 0 bridgehead atoms. The van der Waals surface area contributed by atoms with Crippen LogP contribution in [0.4, 0.5) is 0 Å². The average Bonchev–Trinajstić information content (AvgIpc) is 1.99. The second kappa shape index (κ2) is 6.03. The van der Waals surface area contributed by atoms with Crippen LogP contribution in [-0.4, -0.2) is 6.21 Å². The van der Waals surface area contributed by atoms with Crippen LogP contribution in [-0.2, 0) is 0 Å². The maximum Gasteiger partial charge on any atom is 0.0705 e. The molecule has 2 nitrogen and oxygen atoms in total. The van der Waals surface area contributed by atoms with Crippen LogP contribution in [0.5, 0.6) is 0 Å². The van der Waals surface area contributed by atoms with Crippen molar-refractivity contribution in [2.75, 3.05) is 0 Å². The normalized spacial score (nSPS) is 11.9. The minimum atomic E-state index is 0.400. The van der Waals surface area contributed by atoms with Gasteiger partial charge in [0.25, 0.3) is 0 Å². The number of hydrogen-bond donors (Lipinski definition) is 0. The molecule has 2 heteroatoms. The Morgan fingerprint density at radius 3 is 2.80 bits per heavy atom. The summed E-state index contributed by atoms with van der Waals surface area (Å²) in [6.07, 6.45) is 4.92. The largest absolute Gasteiger partial charge is 0.265 e. The van der Waals surface area contributed by atoms with Crippen LogP contribution in [0.3, 0.4) is 0 Å². The van der Waals surface area contributed by atoms with Crippen molar-refractivity contribution in [2.45, 2.75) is 26.7 Å². The van der Waals surface area contributed by atoms with Gasteiger partial charge in [0.1, 0.15) is 0 Å². The van der Waals surface area contributed by atoms with Crippen LogP contribution in [0.1, 0.15) is 26.7 Å². The first-order valence-corrected chi connectivity index (χ1v) is 3.39. The summed E-state index contributed by atoms with van der Waals surface area (Å²) in [4.78, 5) is 4.06. The van der Waals surface area contributed by atoms with Gasteiger partial charge in [-0.3, -0.25) is 4.99 Å². The summed E-state index contributed by atoms with van der Waals surface area (Å²) in [5.41, 5.74) is 1.04. The lowest BCUT2D eigenvalue weighted by molar-refractivity contribution is 1.06. The maximum absolute atomic E-state index is 8.16. The molecule has 0 spiro atoms. The van der Waals surface area contributed by atoms with Crippen LogP contribution in [0, 0.1) is 11.3 Å². The van der Waals surface area contributed by atoms with E-state index in [2.05, 4.69) is 4.99 Å². The van der Waals surface area contributed by atoms with Crippen LogP contribution < -0.4 is 0 Å². The molecule has 0 aromatic rings. The van der Waals surface area contributed by atoms with E-state index >= 15 is 0 Å². The van der Waals surface area contributed by atoms with Crippen molar-refractivity contribution in [1.29, 1.82) is 5.26 Å². The van der Waals surface area contributed by atoms with Crippen LogP contribution in [0.2, 0.25) is 0 Å². The first kappa shape index (κ1) is 8.90. The predicted octanol–water partition coefficient (Wildman–Crippen LogP) is 2.28. The number of nitrogens with zero attached hydrogens (tertiary/aromatic N) is 2. The topological polar surface area (TPSA) is 36.1 Å². The Morgan fingerprint density at radius 2 is 2.40 bits per heavy atom. The molecule has 0 aliphatic carbocycles. The van der Waals surface area contributed by atoms with E-state index in [4.69, 9.17) is 5.26 Å². The molecular weight excluding hydrogens is 124 g/mol. The number of nitriles is 1. The van der Waals surface area contributed by atoms with Crippen LogP contribution >= 0.6 is 0 Å². The quantitative estimate of drug-likeness (QED) is 0.548. The molecular formula is C8H12N2. The third kappa shape index (κ3) is 3.85. The monoisotopic (exact) mass is 136 g/mol. The molecule has 0 aliphatic rings. The first-order chi connectivity index (χ1) is 4.85. The highest BCUT2D eigenvalue weighted by atomic mass is 14.7. The summed E-state index contributed by atoms with van der Waals surface area (Å²) in [5, 5.41) is 8.16. The van der Waals surface area contributed by atoms with E-state index in [1.54, 1.807) is 6.21 Å². The molecule has 0 saturated heterocycles. The van der Waals surface area contributed by atoms with Crippen molar-refractivity contribution in [3.63, 3.8) is 0 Å². The molecule has 0 atom stereocenters. The highest BCUT2D eigenvalue weighted by Gasteiger charge is 1.83. The zero-order valence-corrected chi connectivity index (χ0v) is 6.46. The Bertz CT molecular complexity index is 172. The molecule has 0 aliphatic heterocycles. The van der Waals surface area contributed by atoms with E-state index in [0.29, 0.717) is 6.42 Å². The lowest BCUT2D eigenvalue weighted by Gasteiger charge is -1.90. The highest BCUT2D eigenvalue weighted by molar-refractivity contribution is 5.61. The van der Waals surface area contributed by atoms with Gasteiger partial charge in [-0.25, -0.2) is 0 Å². The van der Waals surface area contributed by atoms with E-state index in [1.807, 2.05) is 26.0 Å². The van der Waals surface area contributed by atoms with Crippen molar-refractivity contribution >= 4 is 6.21 Å². The zero-order valence-electron chi connectivity index (χ0n) is 6.46. The van der Waals surface area contributed by atoms with Gasteiger partial charge in [0.15, 0.2) is 0 Å². The molecule has 0 amide bonds. The Labute approximate surface area is 61.9 Å². The van der Waals surface area contributed by atoms with Gasteiger partial charge in [0.05, 0.1) is 12.5 Å². The molecule has 54 valence electrons. The number of hydrogen-bond acceptors (Lipinski definition) is 2. The molecule has 0 N–H and O–H groups in total. The number of allylic oxidation sites excluding steroid dienone is 2. The van der Waals surface area contributed by atoms with E-state index in [0.717, 1.165) is 12.1 Å². The number of aliphatic imine (C=N–C) groups is 1. The van der Waals surface area contributed by atoms with Crippen molar-refractivity contribution in [3.8, 4) is 6.07 Å². The van der Waals surface area contributed by atoms with Gasteiger partial charge in [-0.15, -0.1) is 0 Å². The van der Waals surface area contributed by atoms with Crippen LogP contribution in [0.15, 0.2) is 16.8 Å². The van der Waals surface area contributed by atoms with Gasteiger partial charge in [-0.1, -0.05) is 13.0 Å². The second-order valence-electron chi connectivity index (χ2n) is 1.81. The SMILES string of the molecule is C/C=C(/CC)N=CCC#N. The van der Waals surface area contributed by atoms with Gasteiger partial charge < -0.3 is 0 Å². The van der Waals surface area contributed by atoms with Crippen molar-refractivity contribution < 1.29 is 0 Å². The Morgan fingerprint density at radius 1 is 1.70 bits per heavy atom. The molecule has 0 heterocycles. The third-order valence-corrected chi connectivity index (χ3v) is 1.14. The molecule has 0 radical (unpaired) electrons. The molecule has 0 rings (SSSR count). The fraction of sp³-hybridized carbons (Fsp3) is 0.500. The second-order valence-corrected chi connectivity index (χ2v) is 1.81. The van der Waals surface area contributed by atoms with Gasteiger partial charge in [-0.05, 0) is 13.3 Å². The fourth-order valence-electron chi connectivity index (χ4n) is 0.574. The average molecular weight is 136 g/mol. The van der Waals surface area contributed by atoms with Gasteiger partial charge in [0.2, 0.25) is 0 Å². The predicted molar refractivity (Wildman–Crippen MR) is 42.8 cm³/mol. The summed E-state index contributed by atoms with van der Waals surface area (Å²) in [6.45, 7) is 3.99. The highest BCUT2D eigenvalue weighted by Crippen LogP contribution is 1.99. The van der Waals surface area contributed by atoms with Crippen molar-refractivity contribution in [2.24, 2.45) is 4.99 Å². The summed E-state index contributed by atoms with van der Waals surface area (Å²) in [5.74, 6) is 0. The molecule has 0 fully saturated rings. The third-order valence-electron chi connectivity index (χ3n) is 1.14. The molecule has 0 saturated carbocycles. The Kier molecular flexibility index (Phi) is 5.36. The van der Waals surface area contributed by atoms with E-state index in [9.17, 15) is 0 Å². The minimum Gasteiger partial charge on any atom is -0.265 e. The van der Waals surface area contributed by atoms with Gasteiger partial charge in [0, 0.05) is 11.9 Å². The van der Waals surface area contributed by atoms with Crippen molar-refractivity contribution in [1.82, 2.24) is 0 Å². The lowest BCUT2D eigenvalue weighted by Crippen LogP contribution is -1.76. The van der Waals surface area contributed by atoms with Gasteiger partial charge >= 0.3 is 0 Å². The van der Waals surface area contributed by atoms with E-state index < -0.39 is 0 Å². The standard InChI is InChI=1S/C8H12N2/c1-3-8(4-2)10-7-5-6-9/h3,7H,4-5H2,1-2H3/b8-3-,10-7?. The van der Waals surface area contributed by atoms with E-state index in [1.165, 1.54) is 0 Å². The molecule has 0 aromatic heterocycles. The maximum atomic E-state index is 8.16. The van der Waals surface area contributed by atoms with Crippen molar-refractivity contribution in [3.05, 3.63) is 11.8 Å². The number of rotatable bonds is 3. The summed E-state index contributed by atoms with van der Waals surface area (Å²) in [6, 6.07) is 1.99. The van der Waals surface area contributed by atoms with Crippen LogP contribution in [0.25, 0.3) is 0 Å². The molecule has 10 heavy (non-hydrogen) atoms. The summed E-state index contributed by atoms with van der Waals surface area (Å²) < 4.78 is 0. The lowest BCUT2D eigenvalue weighted by atomic mass is 10.3. The van der Waals surface area contributed by atoms with E-state index in [-0.39, 0.29) is 0 Å². The zero-order chi connectivity index (χ0) is 7.82. The fourth-order valence-corrected chi connectivity index (χ4v) is 0.574. The first-order valence-electron chi connectivity index (χ1n) is 3.39. The summed E-state index contributed by atoms with van der Waals surface area (Å²) >= 11 is 0.